The predicted octanol–water partition coefficient (Wildman–Crippen LogP) is 8.56. The Morgan fingerprint density at radius 1 is 0.596 bits per heavy atom. The summed E-state index contributed by atoms with van der Waals surface area (Å²) in [5.41, 5.74) is 3.65. The number of nitrogens with zero attached hydrogens (tertiary/aromatic N) is 4. The Morgan fingerprint density at radius 3 is 1.40 bits per heavy atom. The van der Waals surface area contributed by atoms with Gasteiger partial charge in [0.1, 0.15) is 8.64 Å². The lowest BCUT2D eigenvalue weighted by Crippen LogP contribution is -2.31. The molecule has 0 atom stereocenters. The van der Waals surface area contributed by atoms with Crippen LogP contribution in [0.25, 0.3) is 22.5 Å². The fourth-order valence-corrected chi connectivity index (χ4v) is 9.67. The molecule has 0 unspecified atom stereocenters. The van der Waals surface area contributed by atoms with Gasteiger partial charge in [-0.15, -0.1) is 22.7 Å². The number of thioether (sulfide) groups is 2. The van der Waals surface area contributed by atoms with Gasteiger partial charge in [-0.25, -0.2) is 9.97 Å². The van der Waals surface area contributed by atoms with Crippen LogP contribution in [0.1, 0.15) is 51.4 Å². The molecule has 4 aromatic rings. The molecule has 10 nitrogen and oxygen atoms in total. The number of thiocarbonyl (C=S) groups is 2. The summed E-state index contributed by atoms with van der Waals surface area (Å²) in [4.78, 5) is 64.3. The number of carbonyl (C=O) groups excluding carboxylic acids is 4. The minimum Gasteiger partial charge on any atom is -0.302 e. The SMILES string of the molecule is O=C(CCCCCN1C(=O)/C(=C2\SC(=S)N(CCCCCC(=O)Nc3nc(-c4ccccc4)cs3)C2=O)SC1=S)Nc1nc(-c2ccccc2)cs1. The molecule has 2 fully saturated rings. The van der Waals surface area contributed by atoms with E-state index in [0.717, 1.165) is 58.9 Å². The molecule has 0 aliphatic carbocycles. The summed E-state index contributed by atoms with van der Waals surface area (Å²) in [6, 6.07) is 19.6. The van der Waals surface area contributed by atoms with Gasteiger partial charge in [-0.2, -0.15) is 0 Å². The number of unbranched alkanes of at least 4 members (excludes halogenated alkanes) is 4. The molecule has 16 heteroatoms. The van der Waals surface area contributed by atoms with Crippen molar-refractivity contribution in [3.63, 3.8) is 0 Å². The third kappa shape index (κ3) is 9.79. The Bertz CT molecular complexity index is 1860. The van der Waals surface area contributed by atoms with Crippen molar-refractivity contribution in [3.8, 4) is 22.5 Å². The number of hydrogen-bond donors (Lipinski definition) is 2. The normalized spacial score (nSPS) is 15.9. The molecule has 0 bridgehead atoms. The molecule has 2 aromatic heterocycles. The first kappa shape index (κ1) is 37.9. The third-order valence-corrected chi connectivity index (χ3v) is 12.7. The second kappa shape index (κ2) is 18.3. The van der Waals surface area contributed by atoms with Crippen LogP contribution in [0, 0.1) is 0 Å². The summed E-state index contributed by atoms with van der Waals surface area (Å²) < 4.78 is 0.821. The monoisotopic (exact) mass is 806 g/mol. The Labute approximate surface area is 328 Å². The van der Waals surface area contributed by atoms with E-state index in [1.165, 1.54) is 32.5 Å². The average molecular weight is 807 g/mol. The Hall–Kier alpha value is -3.80. The van der Waals surface area contributed by atoms with Crippen LogP contribution in [-0.4, -0.2) is 65.1 Å². The van der Waals surface area contributed by atoms with Gasteiger partial charge in [0, 0.05) is 47.8 Å². The van der Waals surface area contributed by atoms with Gasteiger partial charge in [-0.1, -0.05) is 121 Å². The van der Waals surface area contributed by atoms with Crippen LogP contribution in [-0.2, 0) is 19.2 Å². The average Bonchev–Trinajstić information content (AvgIpc) is 3.93. The molecule has 268 valence electrons. The molecule has 6 rings (SSSR count). The minimum absolute atomic E-state index is 0.100. The maximum absolute atomic E-state index is 13.3. The number of amides is 4. The van der Waals surface area contributed by atoms with Crippen molar-refractivity contribution in [1.29, 1.82) is 0 Å². The highest BCUT2D eigenvalue weighted by molar-refractivity contribution is 8.29. The molecule has 0 spiro atoms. The zero-order valence-electron chi connectivity index (χ0n) is 27.9. The topological polar surface area (TPSA) is 125 Å². The van der Waals surface area contributed by atoms with Gasteiger partial charge in [0.05, 0.1) is 21.2 Å². The van der Waals surface area contributed by atoms with Crippen LogP contribution >= 0.6 is 70.6 Å². The van der Waals surface area contributed by atoms with Gasteiger partial charge in [0.15, 0.2) is 10.3 Å². The van der Waals surface area contributed by atoms with E-state index in [-0.39, 0.29) is 23.6 Å². The fourth-order valence-electron chi connectivity index (χ4n) is 5.43. The van der Waals surface area contributed by atoms with Crippen molar-refractivity contribution >= 4 is 113 Å². The number of rotatable bonds is 16. The lowest BCUT2D eigenvalue weighted by Gasteiger charge is -2.14. The second-order valence-electron chi connectivity index (χ2n) is 11.8. The summed E-state index contributed by atoms with van der Waals surface area (Å²) in [7, 11) is 0. The maximum atomic E-state index is 13.3. The molecular formula is C36H34N6O4S6. The van der Waals surface area contributed by atoms with Gasteiger partial charge in [0.25, 0.3) is 11.8 Å². The number of nitrogens with one attached hydrogen (secondary N) is 2. The molecule has 0 radical (unpaired) electrons. The summed E-state index contributed by atoms with van der Waals surface area (Å²) in [6.45, 7) is 0.820. The van der Waals surface area contributed by atoms with Crippen molar-refractivity contribution in [3.05, 3.63) is 81.2 Å². The lowest BCUT2D eigenvalue weighted by molar-refractivity contribution is -0.124. The summed E-state index contributed by atoms with van der Waals surface area (Å²) in [6.07, 6.45) is 4.80. The van der Waals surface area contributed by atoms with Gasteiger partial charge >= 0.3 is 0 Å². The highest BCUT2D eigenvalue weighted by Gasteiger charge is 2.41. The minimum atomic E-state index is -0.284. The van der Waals surface area contributed by atoms with Crippen molar-refractivity contribution in [2.75, 3.05) is 23.7 Å². The first-order valence-electron chi connectivity index (χ1n) is 16.7. The van der Waals surface area contributed by atoms with E-state index >= 15 is 0 Å². The second-order valence-corrected chi connectivity index (χ2v) is 16.8. The van der Waals surface area contributed by atoms with Crippen molar-refractivity contribution < 1.29 is 19.2 Å². The number of thiazole rings is 2. The molecule has 4 amide bonds. The van der Waals surface area contributed by atoms with Gasteiger partial charge in [-0.3, -0.25) is 29.0 Å². The number of anilines is 2. The standard InChI is InChI=1S/C36H34N6O4S6/c43-27(39-33-37-25(21-49-33)23-13-5-1-6-14-23)17-9-3-11-19-41-31(45)29(51-35(41)47)30-32(46)42(36(48)52-30)20-12-4-10-18-28(44)40-34-38-26(22-50-34)24-15-7-2-8-16-24/h1-2,5-8,13-16,21-22H,3-4,9-12,17-20H2,(H,37,39,43)(H,38,40,44)/b30-29+. The molecule has 2 N–H and O–H groups in total. The number of benzene rings is 2. The van der Waals surface area contributed by atoms with Crippen LogP contribution in [0.15, 0.2) is 81.2 Å². The molecule has 2 aliphatic heterocycles. The fraction of sp³-hybridized carbons (Fsp3) is 0.278. The van der Waals surface area contributed by atoms with Crippen molar-refractivity contribution in [2.45, 2.75) is 51.4 Å². The van der Waals surface area contributed by atoms with Crippen molar-refractivity contribution in [1.82, 2.24) is 19.8 Å². The molecular weight excluding hydrogens is 773 g/mol. The van der Waals surface area contributed by atoms with Crippen LogP contribution in [0.5, 0.6) is 0 Å². The molecule has 52 heavy (non-hydrogen) atoms. The largest absolute Gasteiger partial charge is 0.302 e. The number of hydrogen-bond acceptors (Lipinski definition) is 12. The van der Waals surface area contributed by atoms with E-state index in [0.29, 0.717) is 80.3 Å². The molecule has 0 saturated carbocycles. The van der Waals surface area contributed by atoms with Crippen molar-refractivity contribution in [2.24, 2.45) is 0 Å². The van der Waals surface area contributed by atoms with E-state index < -0.39 is 0 Å². The summed E-state index contributed by atoms with van der Waals surface area (Å²) in [5.74, 6) is -0.769. The first-order chi connectivity index (χ1) is 25.3. The Morgan fingerprint density at radius 2 is 1.00 bits per heavy atom. The van der Waals surface area contributed by atoms with E-state index in [9.17, 15) is 19.2 Å². The van der Waals surface area contributed by atoms with E-state index in [2.05, 4.69) is 20.6 Å². The van der Waals surface area contributed by atoms with Gasteiger partial charge < -0.3 is 10.6 Å². The highest BCUT2D eigenvalue weighted by atomic mass is 32.2. The first-order valence-corrected chi connectivity index (χ1v) is 20.9. The van der Waals surface area contributed by atoms with E-state index in [1.54, 1.807) is 0 Å². The van der Waals surface area contributed by atoms with E-state index in [4.69, 9.17) is 24.4 Å². The van der Waals surface area contributed by atoms with Crippen LogP contribution in [0.3, 0.4) is 0 Å². The Balaban J connectivity index is 0.883. The summed E-state index contributed by atoms with van der Waals surface area (Å²) in [5, 5.41) is 10.7. The number of aromatic nitrogens is 2. The molecule has 2 saturated heterocycles. The zero-order valence-corrected chi connectivity index (χ0v) is 32.8. The third-order valence-electron chi connectivity index (χ3n) is 8.12. The van der Waals surface area contributed by atoms with Crippen LogP contribution in [0.4, 0.5) is 10.3 Å². The quantitative estimate of drug-likeness (QED) is 0.0647. The van der Waals surface area contributed by atoms with Crippen LogP contribution < -0.4 is 10.6 Å². The van der Waals surface area contributed by atoms with Crippen LogP contribution in [0.2, 0.25) is 0 Å². The maximum Gasteiger partial charge on any atom is 0.267 e. The van der Waals surface area contributed by atoms with Gasteiger partial charge in [-0.05, 0) is 25.7 Å². The highest BCUT2D eigenvalue weighted by Crippen LogP contribution is 2.42. The van der Waals surface area contributed by atoms with Gasteiger partial charge in [0.2, 0.25) is 11.8 Å². The molecule has 4 heterocycles. The predicted molar refractivity (Wildman–Crippen MR) is 220 cm³/mol. The smallest absolute Gasteiger partial charge is 0.267 e. The summed E-state index contributed by atoms with van der Waals surface area (Å²) >= 11 is 16.1. The molecule has 2 aromatic carbocycles. The Kier molecular flexibility index (Phi) is 13.4. The number of carbonyl (C=O) groups is 4. The zero-order chi connectivity index (χ0) is 36.5. The van der Waals surface area contributed by atoms with E-state index in [1.807, 2.05) is 71.4 Å². The molecule has 2 aliphatic rings. The lowest BCUT2D eigenvalue weighted by atomic mass is 10.2.